The fourth-order valence-corrected chi connectivity index (χ4v) is 0.470. The molecule has 0 aliphatic carbocycles. The van der Waals surface area contributed by atoms with Crippen LogP contribution in [0.4, 0.5) is 0 Å². The van der Waals surface area contributed by atoms with E-state index in [9.17, 15) is 0 Å². The number of H-pyrrole nitrogens is 1. The van der Waals surface area contributed by atoms with Crippen LogP contribution in [0.5, 0.6) is 0 Å². The van der Waals surface area contributed by atoms with E-state index >= 15 is 0 Å². The van der Waals surface area contributed by atoms with Crippen molar-refractivity contribution in [3.63, 3.8) is 0 Å². The Balaban J connectivity index is 2.50. The lowest BCUT2D eigenvalue weighted by molar-refractivity contribution is 0.382. The molecule has 0 atom stereocenters. The molecule has 1 rings (SSSR count). The van der Waals surface area contributed by atoms with Crippen molar-refractivity contribution in [2.75, 3.05) is 0 Å². The van der Waals surface area contributed by atoms with E-state index in [-0.39, 0.29) is 0 Å². The van der Waals surface area contributed by atoms with Crippen molar-refractivity contribution in [1.29, 1.82) is 0 Å². The molecule has 0 amide bonds. The zero-order valence-corrected chi connectivity index (χ0v) is 4.26. The Labute approximate surface area is 47.4 Å². The van der Waals surface area contributed by atoms with Crippen molar-refractivity contribution in [3.8, 4) is 0 Å². The van der Waals surface area contributed by atoms with E-state index in [4.69, 9.17) is 5.11 Å². The largest absolute Gasteiger partial charge is 0.383 e. The second-order valence-electron chi connectivity index (χ2n) is 1.37. The van der Waals surface area contributed by atoms with Gasteiger partial charge < -0.3 is 10.1 Å². The van der Waals surface area contributed by atoms with Crippen LogP contribution in [-0.4, -0.2) is 15.1 Å². The second kappa shape index (κ2) is 2.47. The van der Waals surface area contributed by atoms with Crippen LogP contribution in [0.1, 0.15) is 5.82 Å². The van der Waals surface area contributed by atoms with Gasteiger partial charge in [0.1, 0.15) is 12.4 Å². The van der Waals surface area contributed by atoms with Crippen molar-refractivity contribution >= 4 is 0 Å². The van der Waals surface area contributed by atoms with Crippen molar-refractivity contribution < 1.29 is 5.11 Å². The molecule has 0 saturated heterocycles. The molecule has 0 aromatic carbocycles. The van der Waals surface area contributed by atoms with Crippen LogP contribution >= 0.6 is 0 Å². The summed E-state index contributed by atoms with van der Waals surface area (Å²) in [7, 11) is 0. The number of aliphatic hydroxyl groups is 1. The van der Waals surface area contributed by atoms with E-state index in [0.29, 0.717) is 6.42 Å². The van der Waals surface area contributed by atoms with Gasteiger partial charge in [0.05, 0.1) is 0 Å². The predicted octanol–water partition coefficient (Wildman–Crippen LogP) is 0.363. The van der Waals surface area contributed by atoms with E-state index in [0.717, 1.165) is 5.82 Å². The molecule has 1 aromatic rings. The average Bonchev–Trinajstić information content (AvgIpc) is 2.19. The number of nitrogens with one attached hydrogen (secondary N) is 1. The van der Waals surface area contributed by atoms with Gasteiger partial charge in [-0.3, -0.25) is 0 Å². The Kier molecular flexibility index (Phi) is 1.64. The van der Waals surface area contributed by atoms with Crippen LogP contribution in [0.2, 0.25) is 0 Å². The second-order valence-corrected chi connectivity index (χ2v) is 1.37. The van der Waals surface area contributed by atoms with E-state index in [2.05, 4.69) is 9.97 Å². The van der Waals surface area contributed by atoms with Crippen molar-refractivity contribution in [2.45, 2.75) is 6.42 Å². The maximum Gasteiger partial charge on any atom is 0.136 e. The van der Waals surface area contributed by atoms with Crippen molar-refractivity contribution in [3.05, 3.63) is 24.8 Å². The van der Waals surface area contributed by atoms with Gasteiger partial charge in [0.15, 0.2) is 0 Å². The standard InChI is InChI=1S/C5H6N2O/c8-4-1-5-6-2-3-7-5/h2-3,8H,1H2,(H,6,7). The summed E-state index contributed by atoms with van der Waals surface area (Å²) in [4.78, 5) is 6.63. The molecule has 42 valence electrons. The molecular weight excluding hydrogens is 104 g/mol. The van der Waals surface area contributed by atoms with Gasteiger partial charge in [-0.05, 0) is 0 Å². The Hall–Kier alpha value is -0.830. The van der Waals surface area contributed by atoms with E-state index in [1.807, 2.05) is 6.61 Å². The molecule has 8 heavy (non-hydrogen) atoms. The molecule has 2 radical (unpaired) electrons. The van der Waals surface area contributed by atoms with Gasteiger partial charge in [-0.1, -0.05) is 0 Å². The highest BCUT2D eigenvalue weighted by molar-refractivity contribution is 4.88. The summed E-state index contributed by atoms with van der Waals surface area (Å²) in [5.74, 6) is 0.729. The predicted molar refractivity (Wildman–Crippen MR) is 27.5 cm³/mol. The molecule has 0 unspecified atom stereocenters. The van der Waals surface area contributed by atoms with Gasteiger partial charge in [0, 0.05) is 18.8 Å². The Morgan fingerprint density at radius 3 is 3.25 bits per heavy atom. The van der Waals surface area contributed by atoms with E-state index in [1.165, 1.54) is 0 Å². The first-order valence-electron chi connectivity index (χ1n) is 2.28. The van der Waals surface area contributed by atoms with E-state index < -0.39 is 0 Å². The third kappa shape index (κ3) is 1.07. The van der Waals surface area contributed by atoms with Crippen LogP contribution in [0.15, 0.2) is 12.4 Å². The number of imidazole rings is 1. The highest BCUT2D eigenvalue weighted by Crippen LogP contribution is 1.89. The summed E-state index contributed by atoms with van der Waals surface area (Å²) in [5, 5.41) is 8.13. The summed E-state index contributed by atoms with van der Waals surface area (Å²) in [6.45, 7) is 1.98. The number of nitrogens with zero attached hydrogens (tertiary/aromatic N) is 1. The highest BCUT2D eigenvalue weighted by atomic mass is 16.3. The smallest absolute Gasteiger partial charge is 0.136 e. The van der Waals surface area contributed by atoms with Gasteiger partial charge in [0.25, 0.3) is 0 Å². The first-order chi connectivity index (χ1) is 3.93. The van der Waals surface area contributed by atoms with Gasteiger partial charge in [-0.2, -0.15) is 0 Å². The number of aromatic nitrogens is 2. The van der Waals surface area contributed by atoms with Crippen LogP contribution < -0.4 is 0 Å². The van der Waals surface area contributed by atoms with Gasteiger partial charge in [-0.25, -0.2) is 4.98 Å². The Bertz CT molecular complexity index is 136. The molecule has 0 saturated carbocycles. The molecule has 1 aromatic heterocycles. The lowest BCUT2D eigenvalue weighted by Gasteiger charge is -1.84. The molecular formula is C5H6N2O. The van der Waals surface area contributed by atoms with Crippen molar-refractivity contribution in [2.24, 2.45) is 0 Å². The minimum Gasteiger partial charge on any atom is -0.383 e. The third-order valence-electron chi connectivity index (χ3n) is 0.801. The maximum atomic E-state index is 8.13. The van der Waals surface area contributed by atoms with E-state index in [1.54, 1.807) is 12.4 Å². The van der Waals surface area contributed by atoms with Crippen LogP contribution in [-0.2, 0) is 6.42 Å². The number of aromatic amines is 1. The molecule has 3 heteroatoms. The molecule has 0 spiro atoms. The molecule has 3 nitrogen and oxygen atoms in total. The topological polar surface area (TPSA) is 48.9 Å². The first-order valence-corrected chi connectivity index (χ1v) is 2.28. The number of hydrogen-bond acceptors (Lipinski definition) is 2. The Morgan fingerprint density at radius 2 is 2.75 bits per heavy atom. The lowest BCUT2D eigenvalue weighted by Crippen LogP contribution is -1.86. The summed E-state index contributed by atoms with van der Waals surface area (Å²) < 4.78 is 0. The maximum absolute atomic E-state index is 8.13. The van der Waals surface area contributed by atoms with Crippen molar-refractivity contribution in [1.82, 2.24) is 9.97 Å². The first kappa shape index (κ1) is 5.31. The number of aliphatic hydroxyl groups excluding tert-OH is 1. The molecule has 0 aliphatic rings. The summed E-state index contributed by atoms with van der Waals surface area (Å²) in [5.41, 5.74) is 0. The lowest BCUT2D eigenvalue weighted by atomic mass is 10.4. The SMILES string of the molecule is O[C]Cc1ncc[nH]1. The summed E-state index contributed by atoms with van der Waals surface area (Å²) in [6.07, 6.45) is 3.70. The summed E-state index contributed by atoms with van der Waals surface area (Å²) in [6, 6.07) is 0. The zero-order valence-electron chi connectivity index (χ0n) is 4.26. The quantitative estimate of drug-likeness (QED) is 0.577. The zero-order chi connectivity index (χ0) is 5.82. The van der Waals surface area contributed by atoms with Gasteiger partial charge in [-0.15, -0.1) is 0 Å². The van der Waals surface area contributed by atoms with Crippen LogP contribution in [0.3, 0.4) is 0 Å². The normalized spacial score (nSPS) is 9.62. The average molecular weight is 110 g/mol. The molecule has 2 N–H and O–H groups in total. The van der Waals surface area contributed by atoms with Gasteiger partial charge >= 0.3 is 0 Å². The fourth-order valence-electron chi connectivity index (χ4n) is 0.470. The minimum absolute atomic E-state index is 0.368. The van der Waals surface area contributed by atoms with Gasteiger partial charge in [0.2, 0.25) is 0 Å². The van der Waals surface area contributed by atoms with Crippen LogP contribution in [0, 0.1) is 6.61 Å². The van der Waals surface area contributed by atoms with Crippen LogP contribution in [0.25, 0.3) is 0 Å². The summed E-state index contributed by atoms with van der Waals surface area (Å²) >= 11 is 0. The number of rotatable bonds is 2. The highest BCUT2D eigenvalue weighted by Gasteiger charge is 1.89. The number of hydrogen-bond donors (Lipinski definition) is 2. The molecule has 0 bridgehead atoms. The minimum atomic E-state index is 0.368. The molecule has 1 heterocycles. The molecule has 0 aliphatic heterocycles. The molecule has 0 fully saturated rings. The Morgan fingerprint density at radius 1 is 1.88 bits per heavy atom. The monoisotopic (exact) mass is 110 g/mol. The fraction of sp³-hybridized carbons (Fsp3) is 0.200. The third-order valence-corrected chi connectivity index (χ3v) is 0.801.